The molecular weight excluding hydrogens is 268 g/mol. The molecule has 0 saturated heterocycles. The smallest absolute Gasteiger partial charge is 0.238 e. The molecule has 1 aromatic heterocycles. The topological polar surface area (TPSA) is 63.5 Å². The van der Waals surface area contributed by atoms with Crippen LogP contribution in [0, 0.1) is 6.92 Å². The van der Waals surface area contributed by atoms with Gasteiger partial charge in [0.15, 0.2) is 0 Å². The number of carbonyl (C=O) groups excluding carboxylic acids is 1. The van der Waals surface area contributed by atoms with E-state index >= 15 is 0 Å². The van der Waals surface area contributed by atoms with Gasteiger partial charge < -0.3 is 14.5 Å². The molecule has 0 spiro atoms. The second-order valence-electron chi connectivity index (χ2n) is 4.80. The predicted octanol–water partition coefficient (Wildman–Crippen LogP) is 2.89. The van der Waals surface area contributed by atoms with E-state index in [0.717, 1.165) is 11.5 Å². The average Bonchev–Trinajstić information content (AvgIpc) is 2.92. The summed E-state index contributed by atoms with van der Waals surface area (Å²) in [5.74, 6) is 2.19. The number of methoxy groups -OCH3 is 1. The number of furan rings is 1. The second kappa shape index (κ2) is 6.95. The summed E-state index contributed by atoms with van der Waals surface area (Å²) in [6, 6.07) is 11.1. The van der Waals surface area contributed by atoms with Crippen LogP contribution in [0.25, 0.3) is 0 Å². The average molecular weight is 288 g/mol. The first kappa shape index (κ1) is 15.1. The maximum Gasteiger partial charge on any atom is 0.238 e. The number of ether oxygens (including phenoxy) is 1. The number of hydrogen-bond acceptors (Lipinski definition) is 4. The van der Waals surface area contributed by atoms with Gasteiger partial charge in [-0.1, -0.05) is 12.1 Å². The van der Waals surface area contributed by atoms with E-state index in [9.17, 15) is 4.79 Å². The number of para-hydroxylation sites is 2. The highest BCUT2D eigenvalue weighted by Crippen LogP contribution is 2.22. The molecule has 0 radical (unpaired) electrons. The maximum absolute atomic E-state index is 12.0. The molecule has 1 atom stereocenters. The van der Waals surface area contributed by atoms with Crippen LogP contribution in [0.4, 0.5) is 5.69 Å². The summed E-state index contributed by atoms with van der Waals surface area (Å²) >= 11 is 0. The van der Waals surface area contributed by atoms with Gasteiger partial charge >= 0.3 is 0 Å². The minimum atomic E-state index is -0.130. The Bertz CT molecular complexity index is 607. The molecule has 1 heterocycles. The standard InChI is InChI=1S/C16H20N2O3/c1-11-8-9-14(21-11)12(2)17-10-16(19)18-13-6-4-5-7-15(13)20-3/h4-9,12,17H,10H2,1-3H3,(H,18,19). The molecule has 1 amide bonds. The van der Waals surface area contributed by atoms with E-state index in [2.05, 4.69) is 10.6 Å². The normalized spacial score (nSPS) is 12.0. The van der Waals surface area contributed by atoms with Gasteiger partial charge in [0.1, 0.15) is 17.3 Å². The lowest BCUT2D eigenvalue weighted by molar-refractivity contribution is -0.115. The number of carbonyl (C=O) groups is 1. The van der Waals surface area contributed by atoms with E-state index in [0.29, 0.717) is 11.4 Å². The van der Waals surface area contributed by atoms with E-state index in [1.807, 2.05) is 38.1 Å². The summed E-state index contributed by atoms with van der Waals surface area (Å²) in [6.45, 7) is 4.04. The first-order valence-corrected chi connectivity index (χ1v) is 6.82. The lowest BCUT2D eigenvalue weighted by Gasteiger charge is -2.13. The number of nitrogens with one attached hydrogen (secondary N) is 2. The van der Waals surface area contributed by atoms with Crippen LogP contribution in [0.3, 0.4) is 0 Å². The molecule has 5 nitrogen and oxygen atoms in total. The largest absolute Gasteiger partial charge is 0.495 e. The van der Waals surface area contributed by atoms with Gasteiger partial charge in [-0.3, -0.25) is 10.1 Å². The van der Waals surface area contributed by atoms with Crippen LogP contribution in [0.15, 0.2) is 40.8 Å². The van der Waals surface area contributed by atoms with Gasteiger partial charge in [0, 0.05) is 0 Å². The third-order valence-electron chi connectivity index (χ3n) is 3.14. The molecule has 21 heavy (non-hydrogen) atoms. The second-order valence-corrected chi connectivity index (χ2v) is 4.80. The van der Waals surface area contributed by atoms with Crippen molar-refractivity contribution in [2.24, 2.45) is 0 Å². The van der Waals surface area contributed by atoms with Crippen molar-refractivity contribution in [2.45, 2.75) is 19.9 Å². The third-order valence-corrected chi connectivity index (χ3v) is 3.14. The zero-order chi connectivity index (χ0) is 15.2. The minimum absolute atomic E-state index is 0.0258. The van der Waals surface area contributed by atoms with Crippen molar-refractivity contribution in [1.29, 1.82) is 0 Å². The Balaban J connectivity index is 1.87. The van der Waals surface area contributed by atoms with Gasteiger partial charge in [-0.25, -0.2) is 0 Å². The van der Waals surface area contributed by atoms with E-state index in [4.69, 9.17) is 9.15 Å². The Kier molecular flexibility index (Phi) is 5.00. The van der Waals surface area contributed by atoms with Crippen LogP contribution in [0.5, 0.6) is 5.75 Å². The molecule has 0 saturated carbocycles. The maximum atomic E-state index is 12.0. The fourth-order valence-electron chi connectivity index (χ4n) is 1.97. The van der Waals surface area contributed by atoms with Gasteiger partial charge in [0.2, 0.25) is 5.91 Å². The van der Waals surface area contributed by atoms with Crippen molar-refractivity contribution in [1.82, 2.24) is 5.32 Å². The summed E-state index contributed by atoms with van der Waals surface area (Å²) < 4.78 is 10.7. The molecule has 0 fully saturated rings. The molecule has 0 aliphatic carbocycles. The lowest BCUT2D eigenvalue weighted by Crippen LogP contribution is -2.30. The molecule has 1 unspecified atom stereocenters. The van der Waals surface area contributed by atoms with Crippen molar-refractivity contribution in [2.75, 3.05) is 19.0 Å². The molecule has 2 N–H and O–H groups in total. The van der Waals surface area contributed by atoms with Crippen LogP contribution in [-0.2, 0) is 4.79 Å². The molecule has 1 aromatic carbocycles. The van der Waals surface area contributed by atoms with Crippen LogP contribution in [0.1, 0.15) is 24.5 Å². The van der Waals surface area contributed by atoms with Gasteiger partial charge in [-0.15, -0.1) is 0 Å². The number of anilines is 1. The first-order valence-electron chi connectivity index (χ1n) is 6.82. The Morgan fingerprint density at radius 3 is 2.71 bits per heavy atom. The van der Waals surface area contributed by atoms with Crippen LogP contribution >= 0.6 is 0 Å². The minimum Gasteiger partial charge on any atom is -0.495 e. The zero-order valence-corrected chi connectivity index (χ0v) is 12.5. The Morgan fingerprint density at radius 2 is 2.05 bits per heavy atom. The highest BCUT2D eigenvalue weighted by atomic mass is 16.5. The Labute approximate surface area is 124 Å². The van der Waals surface area contributed by atoms with Crippen molar-refractivity contribution in [3.05, 3.63) is 47.9 Å². The van der Waals surface area contributed by atoms with Crippen molar-refractivity contribution in [3.63, 3.8) is 0 Å². The molecule has 0 bridgehead atoms. The van der Waals surface area contributed by atoms with Gasteiger partial charge in [-0.05, 0) is 38.1 Å². The fourth-order valence-corrected chi connectivity index (χ4v) is 1.97. The van der Waals surface area contributed by atoms with Crippen molar-refractivity contribution in [3.8, 4) is 5.75 Å². The van der Waals surface area contributed by atoms with Gasteiger partial charge in [-0.2, -0.15) is 0 Å². The highest BCUT2D eigenvalue weighted by Gasteiger charge is 2.12. The Hall–Kier alpha value is -2.27. The zero-order valence-electron chi connectivity index (χ0n) is 12.5. The molecule has 2 aromatic rings. The number of benzene rings is 1. The lowest BCUT2D eigenvalue weighted by atomic mass is 10.2. The molecule has 112 valence electrons. The highest BCUT2D eigenvalue weighted by molar-refractivity contribution is 5.93. The SMILES string of the molecule is COc1ccccc1NC(=O)CNC(C)c1ccc(C)o1. The summed E-state index contributed by atoms with van der Waals surface area (Å²) in [6.07, 6.45) is 0. The van der Waals surface area contributed by atoms with E-state index in [1.165, 1.54) is 0 Å². The van der Waals surface area contributed by atoms with E-state index in [-0.39, 0.29) is 18.5 Å². The molecule has 2 rings (SSSR count). The van der Waals surface area contributed by atoms with Crippen LogP contribution in [0.2, 0.25) is 0 Å². The molecular formula is C16H20N2O3. The van der Waals surface area contributed by atoms with Crippen LogP contribution in [-0.4, -0.2) is 19.6 Å². The summed E-state index contributed by atoms with van der Waals surface area (Å²) in [5.41, 5.74) is 0.660. The predicted molar refractivity (Wildman–Crippen MR) is 81.5 cm³/mol. The van der Waals surface area contributed by atoms with Gasteiger partial charge in [0.25, 0.3) is 0 Å². The number of aryl methyl sites for hydroxylation is 1. The van der Waals surface area contributed by atoms with E-state index in [1.54, 1.807) is 19.2 Å². The number of rotatable bonds is 6. The quantitative estimate of drug-likeness (QED) is 0.858. The Morgan fingerprint density at radius 1 is 1.29 bits per heavy atom. The van der Waals surface area contributed by atoms with E-state index < -0.39 is 0 Å². The molecule has 5 heteroatoms. The number of hydrogen-bond donors (Lipinski definition) is 2. The summed E-state index contributed by atoms with van der Waals surface area (Å²) in [5, 5.41) is 5.94. The molecule has 0 aliphatic heterocycles. The molecule has 0 aliphatic rings. The first-order chi connectivity index (χ1) is 10.1. The third kappa shape index (κ3) is 4.10. The van der Waals surface area contributed by atoms with Gasteiger partial charge in [0.05, 0.1) is 25.4 Å². The van der Waals surface area contributed by atoms with Crippen molar-refractivity contribution >= 4 is 11.6 Å². The fraction of sp³-hybridized carbons (Fsp3) is 0.312. The monoisotopic (exact) mass is 288 g/mol. The van der Waals surface area contributed by atoms with Crippen molar-refractivity contribution < 1.29 is 13.9 Å². The number of amides is 1. The van der Waals surface area contributed by atoms with Crippen LogP contribution < -0.4 is 15.4 Å². The summed E-state index contributed by atoms with van der Waals surface area (Å²) in [7, 11) is 1.57. The summed E-state index contributed by atoms with van der Waals surface area (Å²) in [4.78, 5) is 12.0.